The molecule has 0 spiro atoms. The van der Waals surface area contributed by atoms with Gasteiger partial charge in [-0.1, -0.05) is 18.2 Å². The third-order valence-electron chi connectivity index (χ3n) is 2.65. The van der Waals surface area contributed by atoms with E-state index in [1.165, 1.54) is 10.7 Å². The van der Waals surface area contributed by atoms with Crippen molar-refractivity contribution in [2.45, 2.75) is 13.8 Å². The van der Waals surface area contributed by atoms with Crippen LogP contribution < -0.4 is 5.43 Å². The maximum Gasteiger partial charge on any atom is 0.360 e. The average Bonchev–Trinajstić information content (AvgIpc) is 2.30. The molecule has 92 valence electrons. The quantitative estimate of drug-likeness (QED) is 0.869. The molecule has 0 amide bonds. The van der Waals surface area contributed by atoms with Gasteiger partial charge in [0, 0.05) is 11.8 Å². The molecule has 0 aliphatic carbocycles. The summed E-state index contributed by atoms with van der Waals surface area (Å²) in [4.78, 5) is 22.4. The molecule has 5 heteroatoms. The summed E-state index contributed by atoms with van der Waals surface area (Å²) in [7, 11) is 0. The average molecular weight is 244 g/mol. The van der Waals surface area contributed by atoms with E-state index in [0.717, 1.165) is 11.3 Å². The van der Waals surface area contributed by atoms with E-state index in [-0.39, 0.29) is 0 Å². The summed E-state index contributed by atoms with van der Waals surface area (Å²) in [5, 5.41) is 12.8. The van der Waals surface area contributed by atoms with Crippen LogP contribution in [0.15, 0.2) is 35.1 Å². The lowest BCUT2D eigenvalue weighted by Gasteiger charge is -2.12. The van der Waals surface area contributed by atoms with Crippen LogP contribution in [0.4, 0.5) is 0 Å². The zero-order valence-corrected chi connectivity index (χ0v) is 10.0. The number of rotatable bonds is 2. The Balaban J connectivity index is 2.73. The number of carboxylic acids is 1. The molecule has 0 atom stereocenters. The van der Waals surface area contributed by atoms with Gasteiger partial charge < -0.3 is 5.11 Å². The first-order valence-corrected chi connectivity index (χ1v) is 5.41. The van der Waals surface area contributed by atoms with E-state index >= 15 is 0 Å². The zero-order valence-electron chi connectivity index (χ0n) is 10.0. The zero-order chi connectivity index (χ0) is 13.3. The minimum absolute atomic E-state index is 0.469. The summed E-state index contributed by atoms with van der Waals surface area (Å²) in [5.74, 6) is -1.32. The second kappa shape index (κ2) is 4.44. The Morgan fingerprint density at radius 3 is 2.56 bits per heavy atom. The first kappa shape index (κ1) is 12.0. The number of benzene rings is 1. The minimum Gasteiger partial charge on any atom is -0.476 e. The number of aromatic carboxylic acids is 1. The number of carboxylic acid groups (broad SMARTS) is 1. The normalized spacial score (nSPS) is 10.3. The van der Waals surface area contributed by atoms with E-state index in [2.05, 4.69) is 5.10 Å². The molecule has 1 aromatic carbocycles. The highest BCUT2D eigenvalue weighted by Gasteiger charge is 2.14. The molecule has 0 aliphatic heterocycles. The number of hydrogen-bond donors (Lipinski definition) is 1. The van der Waals surface area contributed by atoms with Gasteiger partial charge in [-0.25, -0.2) is 9.48 Å². The standard InChI is InChI=1S/C13H12N2O3/c1-8-5-3-4-6-10(8)15-9(2)7-11(16)12(14-15)13(17)18/h3-7H,1-2H3,(H,17,18). The Labute approximate surface area is 103 Å². The molecular weight excluding hydrogens is 232 g/mol. The Morgan fingerprint density at radius 1 is 1.28 bits per heavy atom. The monoisotopic (exact) mass is 244 g/mol. The lowest BCUT2D eigenvalue weighted by atomic mass is 10.2. The van der Waals surface area contributed by atoms with Crippen molar-refractivity contribution in [2.75, 3.05) is 0 Å². The van der Waals surface area contributed by atoms with E-state index in [4.69, 9.17) is 5.11 Å². The van der Waals surface area contributed by atoms with Crippen LogP contribution in [0.2, 0.25) is 0 Å². The fraction of sp³-hybridized carbons (Fsp3) is 0.154. The van der Waals surface area contributed by atoms with Crippen LogP contribution >= 0.6 is 0 Å². The number of hydrogen-bond acceptors (Lipinski definition) is 3. The molecule has 0 fully saturated rings. The second-order valence-electron chi connectivity index (χ2n) is 4.00. The van der Waals surface area contributed by atoms with Crippen molar-refractivity contribution in [2.24, 2.45) is 0 Å². The predicted octanol–water partition coefficient (Wildman–Crippen LogP) is 1.55. The van der Waals surface area contributed by atoms with Crippen molar-refractivity contribution in [3.8, 4) is 5.69 Å². The van der Waals surface area contributed by atoms with Crippen molar-refractivity contribution >= 4 is 5.97 Å². The lowest BCUT2D eigenvalue weighted by molar-refractivity contribution is 0.0686. The SMILES string of the molecule is Cc1ccccc1-n1nc(C(=O)O)c(=O)cc1C. The Kier molecular flexibility index (Phi) is 2.97. The van der Waals surface area contributed by atoms with Crippen LogP contribution in [0.1, 0.15) is 21.7 Å². The predicted molar refractivity (Wildman–Crippen MR) is 66.3 cm³/mol. The van der Waals surface area contributed by atoms with Crippen LogP contribution in [-0.2, 0) is 0 Å². The maximum absolute atomic E-state index is 11.5. The van der Waals surface area contributed by atoms with E-state index in [1.54, 1.807) is 6.92 Å². The van der Waals surface area contributed by atoms with Crippen molar-refractivity contribution < 1.29 is 9.90 Å². The van der Waals surface area contributed by atoms with Gasteiger partial charge in [0.05, 0.1) is 5.69 Å². The summed E-state index contributed by atoms with van der Waals surface area (Å²) in [5.41, 5.74) is 1.26. The van der Waals surface area contributed by atoms with Crippen LogP contribution in [0.5, 0.6) is 0 Å². The Morgan fingerprint density at radius 2 is 1.94 bits per heavy atom. The highest BCUT2D eigenvalue weighted by atomic mass is 16.4. The number of nitrogens with zero attached hydrogens (tertiary/aromatic N) is 2. The molecule has 0 aliphatic rings. The third kappa shape index (κ3) is 2.02. The molecule has 1 aromatic heterocycles. The van der Waals surface area contributed by atoms with Gasteiger partial charge in [0.2, 0.25) is 11.1 Å². The smallest absolute Gasteiger partial charge is 0.360 e. The number of aryl methyl sites for hydroxylation is 2. The Bertz CT molecular complexity index is 674. The molecule has 0 bridgehead atoms. The summed E-state index contributed by atoms with van der Waals surface area (Å²) in [6.07, 6.45) is 0. The number of carbonyl (C=O) groups is 1. The minimum atomic E-state index is -1.32. The molecular formula is C13H12N2O3. The Hall–Kier alpha value is -2.43. The summed E-state index contributed by atoms with van der Waals surface area (Å²) >= 11 is 0. The first-order valence-electron chi connectivity index (χ1n) is 5.41. The topological polar surface area (TPSA) is 72.2 Å². The van der Waals surface area contributed by atoms with Gasteiger partial charge in [0.25, 0.3) is 0 Å². The molecule has 1 N–H and O–H groups in total. The molecule has 0 saturated carbocycles. The molecule has 5 nitrogen and oxygen atoms in total. The van der Waals surface area contributed by atoms with Crippen molar-refractivity contribution in [1.29, 1.82) is 0 Å². The fourth-order valence-electron chi connectivity index (χ4n) is 1.74. The fourth-order valence-corrected chi connectivity index (χ4v) is 1.74. The van der Waals surface area contributed by atoms with E-state index in [9.17, 15) is 9.59 Å². The van der Waals surface area contributed by atoms with Gasteiger partial charge >= 0.3 is 5.97 Å². The van der Waals surface area contributed by atoms with Crippen molar-refractivity contribution in [1.82, 2.24) is 9.78 Å². The molecule has 0 radical (unpaired) electrons. The summed E-state index contributed by atoms with van der Waals surface area (Å²) in [6.45, 7) is 3.61. The van der Waals surface area contributed by atoms with Crippen molar-refractivity contribution in [3.63, 3.8) is 0 Å². The van der Waals surface area contributed by atoms with Gasteiger partial charge in [-0.3, -0.25) is 4.79 Å². The van der Waals surface area contributed by atoms with E-state index in [1.807, 2.05) is 31.2 Å². The van der Waals surface area contributed by atoms with Gasteiger partial charge in [-0.15, -0.1) is 0 Å². The first-order chi connectivity index (χ1) is 8.50. The highest BCUT2D eigenvalue weighted by Crippen LogP contribution is 2.13. The van der Waals surface area contributed by atoms with E-state index < -0.39 is 17.1 Å². The van der Waals surface area contributed by atoms with Crippen LogP contribution in [0.3, 0.4) is 0 Å². The molecule has 1 heterocycles. The highest BCUT2D eigenvalue weighted by molar-refractivity contribution is 5.84. The second-order valence-corrected chi connectivity index (χ2v) is 4.00. The maximum atomic E-state index is 11.5. The molecule has 2 rings (SSSR count). The summed E-state index contributed by atoms with van der Waals surface area (Å²) < 4.78 is 1.47. The van der Waals surface area contributed by atoms with E-state index in [0.29, 0.717) is 5.69 Å². The van der Waals surface area contributed by atoms with Gasteiger partial charge in [-0.2, -0.15) is 5.10 Å². The molecule has 2 aromatic rings. The van der Waals surface area contributed by atoms with Crippen LogP contribution in [-0.4, -0.2) is 20.9 Å². The van der Waals surface area contributed by atoms with Crippen LogP contribution in [0, 0.1) is 13.8 Å². The molecule has 0 unspecified atom stereocenters. The van der Waals surface area contributed by atoms with Crippen molar-refractivity contribution in [3.05, 3.63) is 57.5 Å². The lowest BCUT2D eigenvalue weighted by Crippen LogP contribution is -2.22. The number of para-hydroxylation sites is 1. The summed E-state index contributed by atoms with van der Waals surface area (Å²) in [6, 6.07) is 8.72. The largest absolute Gasteiger partial charge is 0.476 e. The number of aromatic nitrogens is 2. The van der Waals surface area contributed by atoms with Gasteiger partial charge in [0.15, 0.2) is 0 Å². The third-order valence-corrected chi connectivity index (χ3v) is 2.65. The van der Waals surface area contributed by atoms with Gasteiger partial charge in [-0.05, 0) is 25.5 Å². The molecule has 0 saturated heterocycles. The van der Waals surface area contributed by atoms with Crippen LogP contribution in [0.25, 0.3) is 5.69 Å². The van der Waals surface area contributed by atoms with Gasteiger partial charge in [0.1, 0.15) is 0 Å². The molecule has 18 heavy (non-hydrogen) atoms.